The molecule has 0 aliphatic carbocycles. The average molecular weight is 422 g/mol. The van der Waals surface area contributed by atoms with Crippen molar-refractivity contribution in [3.8, 4) is 22.8 Å². The van der Waals surface area contributed by atoms with E-state index in [2.05, 4.69) is 26.8 Å². The molecule has 3 aromatic carbocycles. The summed E-state index contributed by atoms with van der Waals surface area (Å²) in [4.78, 5) is 22.2. The van der Waals surface area contributed by atoms with E-state index in [0.29, 0.717) is 29.3 Å². The molecule has 0 spiro atoms. The fourth-order valence-electron chi connectivity index (χ4n) is 3.87. The van der Waals surface area contributed by atoms with Gasteiger partial charge in [-0.25, -0.2) is 9.97 Å². The van der Waals surface area contributed by atoms with Gasteiger partial charge in [-0.05, 0) is 31.2 Å². The Hall–Kier alpha value is -4.19. The predicted octanol–water partition coefficient (Wildman–Crippen LogP) is 5.31. The van der Waals surface area contributed by atoms with Gasteiger partial charge in [0, 0.05) is 17.7 Å². The Balaban J connectivity index is 1.40. The SMILES string of the molecule is CCn1c(CNC(=O)c2ccccc2-c2ncc(-c3ccccc3)o2)nc2ccccc21. The first kappa shape index (κ1) is 19.8. The van der Waals surface area contributed by atoms with Gasteiger partial charge in [0.15, 0.2) is 5.76 Å². The first-order valence-electron chi connectivity index (χ1n) is 10.6. The smallest absolute Gasteiger partial charge is 0.252 e. The second-order valence-electron chi connectivity index (χ2n) is 7.38. The Kier molecular flexibility index (Phi) is 5.25. The molecule has 0 bridgehead atoms. The summed E-state index contributed by atoms with van der Waals surface area (Å²) in [5, 5.41) is 3.01. The number of para-hydroxylation sites is 2. The summed E-state index contributed by atoms with van der Waals surface area (Å²) in [5.74, 6) is 1.69. The molecule has 1 N–H and O–H groups in total. The largest absolute Gasteiger partial charge is 0.436 e. The van der Waals surface area contributed by atoms with Gasteiger partial charge in [-0.3, -0.25) is 4.79 Å². The van der Waals surface area contributed by atoms with Crippen LogP contribution in [-0.2, 0) is 13.1 Å². The van der Waals surface area contributed by atoms with Crippen molar-refractivity contribution >= 4 is 16.9 Å². The van der Waals surface area contributed by atoms with Gasteiger partial charge in [0.2, 0.25) is 5.89 Å². The Bertz CT molecular complexity index is 1390. The van der Waals surface area contributed by atoms with Crippen LogP contribution in [0.3, 0.4) is 0 Å². The lowest BCUT2D eigenvalue weighted by atomic mass is 10.1. The first-order valence-corrected chi connectivity index (χ1v) is 10.6. The number of benzene rings is 3. The van der Waals surface area contributed by atoms with E-state index in [1.807, 2.05) is 72.8 Å². The number of aryl methyl sites for hydroxylation is 1. The fraction of sp³-hybridized carbons (Fsp3) is 0.115. The summed E-state index contributed by atoms with van der Waals surface area (Å²) in [5.41, 5.74) is 4.08. The Labute approximate surface area is 185 Å². The molecule has 2 aromatic heterocycles. The number of rotatable bonds is 6. The summed E-state index contributed by atoms with van der Waals surface area (Å²) in [6.07, 6.45) is 1.68. The molecule has 0 aliphatic rings. The third-order valence-electron chi connectivity index (χ3n) is 5.42. The lowest BCUT2D eigenvalue weighted by Crippen LogP contribution is -2.25. The molecule has 0 unspecified atom stereocenters. The van der Waals surface area contributed by atoms with Crippen molar-refractivity contribution < 1.29 is 9.21 Å². The third-order valence-corrected chi connectivity index (χ3v) is 5.42. The molecule has 32 heavy (non-hydrogen) atoms. The van der Waals surface area contributed by atoms with Crippen molar-refractivity contribution in [3.05, 3.63) is 96.4 Å². The zero-order valence-corrected chi connectivity index (χ0v) is 17.7. The summed E-state index contributed by atoms with van der Waals surface area (Å²) in [6.45, 7) is 3.18. The highest BCUT2D eigenvalue weighted by Crippen LogP contribution is 2.28. The van der Waals surface area contributed by atoms with Crippen LogP contribution in [0.2, 0.25) is 0 Å². The van der Waals surface area contributed by atoms with Crippen LogP contribution in [0.1, 0.15) is 23.1 Å². The Morgan fingerprint density at radius 2 is 1.72 bits per heavy atom. The van der Waals surface area contributed by atoms with Gasteiger partial charge in [0.05, 0.1) is 29.3 Å². The van der Waals surface area contributed by atoms with E-state index in [9.17, 15) is 4.79 Å². The van der Waals surface area contributed by atoms with Crippen molar-refractivity contribution in [2.24, 2.45) is 0 Å². The average Bonchev–Trinajstić information content (AvgIpc) is 3.48. The van der Waals surface area contributed by atoms with Crippen LogP contribution in [0.4, 0.5) is 0 Å². The molecule has 158 valence electrons. The molecular formula is C26H22N4O2. The number of nitrogens with zero attached hydrogens (tertiary/aromatic N) is 3. The molecule has 0 atom stereocenters. The van der Waals surface area contributed by atoms with Crippen LogP contribution in [0.15, 0.2) is 89.5 Å². The highest BCUT2D eigenvalue weighted by atomic mass is 16.4. The molecule has 5 aromatic rings. The third kappa shape index (κ3) is 3.67. The maximum absolute atomic E-state index is 13.1. The minimum absolute atomic E-state index is 0.199. The minimum atomic E-state index is -0.199. The number of aromatic nitrogens is 3. The summed E-state index contributed by atoms with van der Waals surface area (Å²) in [7, 11) is 0. The number of amides is 1. The lowest BCUT2D eigenvalue weighted by Gasteiger charge is -2.09. The highest BCUT2D eigenvalue weighted by molar-refractivity contribution is 6.00. The summed E-state index contributed by atoms with van der Waals surface area (Å²) in [6, 6.07) is 25.1. The van der Waals surface area contributed by atoms with E-state index in [1.54, 1.807) is 12.3 Å². The molecule has 1 amide bonds. The minimum Gasteiger partial charge on any atom is -0.436 e. The van der Waals surface area contributed by atoms with Gasteiger partial charge in [-0.2, -0.15) is 0 Å². The van der Waals surface area contributed by atoms with Gasteiger partial charge in [-0.1, -0.05) is 54.6 Å². The number of oxazole rings is 1. The molecule has 0 fully saturated rings. The Morgan fingerprint density at radius 1 is 0.969 bits per heavy atom. The topological polar surface area (TPSA) is 73.0 Å². The van der Waals surface area contributed by atoms with Gasteiger partial charge in [0.1, 0.15) is 5.82 Å². The quantitative estimate of drug-likeness (QED) is 0.403. The van der Waals surface area contributed by atoms with Crippen LogP contribution in [0.25, 0.3) is 33.8 Å². The second-order valence-corrected chi connectivity index (χ2v) is 7.38. The molecule has 0 saturated carbocycles. The Morgan fingerprint density at radius 3 is 2.56 bits per heavy atom. The van der Waals surface area contributed by atoms with Crippen molar-refractivity contribution in [2.45, 2.75) is 20.0 Å². The molecule has 0 radical (unpaired) electrons. The lowest BCUT2D eigenvalue weighted by molar-refractivity contribution is 0.0950. The van der Waals surface area contributed by atoms with E-state index < -0.39 is 0 Å². The van der Waals surface area contributed by atoms with Crippen molar-refractivity contribution in [1.29, 1.82) is 0 Å². The van der Waals surface area contributed by atoms with E-state index in [1.165, 1.54) is 0 Å². The zero-order chi connectivity index (χ0) is 21.9. The van der Waals surface area contributed by atoms with Gasteiger partial charge in [0.25, 0.3) is 5.91 Å². The summed E-state index contributed by atoms with van der Waals surface area (Å²) >= 11 is 0. The van der Waals surface area contributed by atoms with Crippen molar-refractivity contribution in [1.82, 2.24) is 19.9 Å². The number of carbonyl (C=O) groups excluding carboxylic acids is 1. The molecule has 6 heteroatoms. The monoisotopic (exact) mass is 422 g/mol. The first-order chi connectivity index (χ1) is 15.7. The van der Waals surface area contributed by atoms with Crippen molar-refractivity contribution in [2.75, 3.05) is 0 Å². The number of hydrogen-bond acceptors (Lipinski definition) is 4. The molecule has 6 nitrogen and oxygen atoms in total. The number of hydrogen-bond donors (Lipinski definition) is 1. The predicted molar refractivity (Wildman–Crippen MR) is 124 cm³/mol. The summed E-state index contributed by atoms with van der Waals surface area (Å²) < 4.78 is 8.09. The van der Waals surface area contributed by atoms with Crippen LogP contribution >= 0.6 is 0 Å². The van der Waals surface area contributed by atoms with Gasteiger partial charge < -0.3 is 14.3 Å². The number of fused-ring (bicyclic) bond motifs is 1. The van der Waals surface area contributed by atoms with Gasteiger partial charge in [-0.15, -0.1) is 0 Å². The molecule has 5 rings (SSSR count). The maximum atomic E-state index is 13.1. The molecule has 2 heterocycles. The highest BCUT2D eigenvalue weighted by Gasteiger charge is 2.18. The zero-order valence-electron chi connectivity index (χ0n) is 17.7. The number of carbonyl (C=O) groups is 1. The fourth-order valence-corrected chi connectivity index (χ4v) is 3.87. The standard InChI is InChI=1S/C26H22N4O2/c1-2-30-22-15-9-8-14-21(22)29-24(30)17-27-25(31)19-12-6-7-13-20(19)26-28-16-23(32-26)18-10-4-3-5-11-18/h3-16H,2,17H2,1H3,(H,27,31). The maximum Gasteiger partial charge on any atom is 0.252 e. The van der Waals surface area contributed by atoms with Crippen molar-refractivity contribution in [3.63, 3.8) is 0 Å². The van der Waals surface area contributed by atoms with E-state index in [-0.39, 0.29) is 5.91 Å². The van der Waals surface area contributed by atoms with E-state index >= 15 is 0 Å². The number of imidazole rings is 1. The molecule has 0 aliphatic heterocycles. The normalized spacial score (nSPS) is 11.0. The van der Waals surface area contributed by atoms with Crippen LogP contribution < -0.4 is 5.32 Å². The van der Waals surface area contributed by atoms with Crippen LogP contribution in [-0.4, -0.2) is 20.4 Å². The molecule has 0 saturated heterocycles. The second kappa shape index (κ2) is 8.51. The number of nitrogens with one attached hydrogen (secondary N) is 1. The van der Waals surface area contributed by atoms with E-state index in [0.717, 1.165) is 29.0 Å². The van der Waals surface area contributed by atoms with E-state index in [4.69, 9.17) is 4.42 Å². The molecular weight excluding hydrogens is 400 g/mol. The van der Waals surface area contributed by atoms with Gasteiger partial charge >= 0.3 is 0 Å². The van der Waals surface area contributed by atoms with Crippen LogP contribution in [0, 0.1) is 0 Å². The van der Waals surface area contributed by atoms with Crippen LogP contribution in [0.5, 0.6) is 0 Å².